The van der Waals surface area contributed by atoms with Gasteiger partial charge in [-0.1, -0.05) is 54.1 Å². The topological polar surface area (TPSA) is 86.2 Å². The molecule has 4 rings (SSSR count). The molecule has 7 nitrogen and oxygen atoms in total. The molecule has 0 fully saturated rings. The van der Waals surface area contributed by atoms with E-state index in [9.17, 15) is 9.59 Å². The smallest absolute Gasteiger partial charge is 0.343 e. The van der Waals surface area contributed by atoms with Crippen LogP contribution in [0.5, 0.6) is 17.2 Å². The van der Waals surface area contributed by atoms with Crippen molar-refractivity contribution < 1.29 is 23.8 Å². The molecule has 1 amide bonds. The van der Waals surface area contributed by atoms with Crippen LogP contribution in [0.15, 0.2) is 96.6 Å². The Morgan fingerprint density at radius 3 is 2.50 bits per heavy atom. The number of nitrogens with zero attached hydrogens (tertiary/aromatic N) is 1. The predicted octanol–water partition coefficient (Wildman–Crippen LogP) is 5.98. The summed E-state index contributed by atoms with van der Waals surface area (Å²) < 4.78 is 16.6. The third-order valence-corrected chi connectivity index (χ3v) is 5.81. The highest BCUT2D eigenvalue weighted by Gasteiger charge is 2.14. The Kier molecular flexibility index (Phi) is 8.74. The molecule has 192 valence electrons. The molecule has 8 heteroatoms. The first-order chi connectivity index (χ1) is 18.5. The Hall–Kier alpha value is -4.62. The van der Waals surface area contributed by atoms with Crippen LogP contribution in [-0.2, 0) is 11.2 Å². The van der Waals surface area contributed by atoms with Crippen LogP contribution in [0.3, 0.4) is 0 Å². The highest BCUT2D eigenvalue weighted by Crippen LogP contribution is 2.29. The Morgan fingerprint density at radius 2 is 1.74 bits per heavy atom. The minimum absolute atomic E-state index is 0.275. The van der Waals surface area contributed by atoms with E-state index in [0.717, 1.165) is 16.3 Å². The average molecular weight is 529 g/mol. The third kappa shape index (κ3) is 6.57. The van der Waals surface area contributed by atoms with E-state index in [1.54, 1.807) is 42.5 Å². The second-order valence-electron chi connectivity index (χ2n) is 8.15. The molecule has 0 aromatic heterocycles. The lowest BCUT2D eigenvalue weighted by atomic mass is 10.0. The Balaban J connectivity index is 1.47. The molecule has 38 heavy (non-hydrogen) atoms. The first kappa shape index (κ1) is 26.4. The van der Waals surface area contributed by atoms with Crippen LogP contribution in [0.25, 0.3) is 10.8 Å². The zero-order valence-electron chi connectivity index (χ0n) is 20.6. The van der Waals surface area contributed by atoms with E-state index in [1.807, 2.05) is 42.5 Å². The average Bonchev–Trinajstić information content (AvgIpc) is 2.93. The zero-order chi connectivity index (χ0) is 26.9. The lowest BCUT2D eigenvalue weighted by molar-refractivity contribution is -0.123. The van der Waals surface area contributed by atoms with E-state index in [2.05, 4.69) is 17.1 Å². The van der Waals surface area contributed by atoms with Gasteiger partial charge in [-0.15, -0.1) is 6.58 Å². The van der Waals surface area contributed by atoms with Gasteiger partial charge in [-0.25, -0.2) is 10.2 Å². The number of allylic oxidation sites excluding steroid dienone is 1. The minimum Gasteiger partial charge on any atom is -0.493 e. The SMILES string of the molecule is C=CCc1ccc(OCC(=O)N/N=C\c2c(OC(=O)c3ccc(Cl)cc3)ccc3ccccc23)c(OC)c1. The van der Waals surface area contributed by atoms with Crippen LogP contribution in [0, 0.1) is 0 Å². The van der Waals surface area contributed by atoms with Gasteiger partial charge in [-0.2, -0.15) is 5.10 Å². The normalized spacial score (nSPS) is 10.8. The number of fused-ring (bicyclic) bond motifs is 1. The molecule has 0 aliphatic carbocycles. The van der Waals surface area contributed by atoms with Crippen molar-refractivity contribution in [3.05, 3.63) is 113 Å². The first-order valence-electron chi connectivity index (χ1n) is 11.7. The summed E-state index contributed by atoms with van der Waals surface area (Å²) in [5.41, 5.74) is 4.35. The Labute approximate surface area is 225 Å². The summed E-state index contributed by atoms with van der Waals surface area (Å²) in [5, 5.41) is 6.32. The number of hydrazone groups is 1. The minimum atomic E-state index is -0.544. The number of nitrogens with one attached hydrogen (secondary N) is 1. The van der Waals surface area contributed by atoms with Gasteiger partial charge >= 0.3 is 5.97 Å². The number of amides is 1. The van der Waals surface area contributed by atoms with Gasteiger partial charge in [0, 0.05) is 10.6 Å². The quantitative estimate of drug-likeness (QED) is 0.0899. The van der Waals surface area contributed by atoms with E-state index in [4.69, 9.17) is 25.8 Å². The second kappa shape index (κ2) is 12.6. The summed E-state index contributed by atoms with van der Waals surface area (Å²) in [4.78, 5) is 25.1. The molecule has 1 N–H and O–H groups in total. The number of benzene rings is 4. The van der Waals surface area contributed by atoms with E-state index in [0.29, 0.717) is 39.8 Å². The summed E-state index contributed by atoms with van der Waals surface area (Å²) in [5.74, 6) is 0.228. The van der Waals surface area contributed by atoms with Crippen molar-refractivity contribution in [3.63, 3.8) is 0 Å². The molecule has 0 heterocycles. The molecular formula is C30H25ClN2O5. The van der Waals surface area contributed by atoms with Crippen LogP contribution in [0.4, 0.5) is 0 Å². The predicted molar refractivity (Wildman–Crippen MR) is 148 cm³/mol. The molecule has 4 aromatic rings. The largest absolute Gasteiger partial charge is 0.493 e. The number of ether oxygens (including phenoxy) is 3. The molecule has 0 spiro atoms. The molecule has 0 unspecified atom stereocenters. The van der Waals surface area contributed by atoms with E-state index >= 15 is 0 Å². The van der Waals surface area contributed by atoms with Crippen LogP contribution < -0.4 is 19.6 Å². The fraction of sp³-hybridized carbons (Fsp3) is 0.100. The molecular weight excluding hydrogens is 504 g/mol. The van der Waals surface area contributed by atoms with E-state index in [-0.39, 0.29) is 6.61 Å². The van der Waals surface area contributed by atoms with Gasteiger partial charge in [0.2, 0.25) is 0 Å². The van der Waals surface area contributed by atoms with Gasteiger partial charge in [0.05, 0.1) is 18.9 Å². The summed E-state index contributed by atoms with van der Waals surface area (Å²) in [6.45, 7) is 3.45. The van der Waals surface area contributed by atoms with Crippen molar-refractivity contribution in [1.82, 2.24) is 5.43 Å². The number of esters is 1. The molecule has 0 saturated heterocycles. The summed E-state index contributed by atoms with van der Waals surface area (Å²) >= 11 is 5.92. The van der Waals surface area contributed by atoms with Crippen molar-refractivity contribution in [3.8, 4) is 17.2 Å². The fourth-order valence-electron chi connectivity index (χ4n) is 3.71. The highest BCUT2D eigenvalue weighted by molar-refractivity contribution is 6.30. The van der Waals surface area contributed by atoms with Crippen molar-refractivity contribution >= 4 is 40.5 Å². The summed E-state index contributed by atoms with van der Waals surface area (Å²) in [6, 6.07) is 23.0. The highest BCUT2D eigenvalue weighted by atomic mass is 35.5. The maximum atomic E-state index is 12.7. The lowest BCUT2D eigenvalue weighted by Gasteiger charge is -2.12. The summed E-state index contributed by atoms with van der Waals surface area (Å²) in [6.07, 6.45) is 3.92. The van der Waals surface area contributed by atoms with Crippen molar-refractivity contribution in [1.29, 1.82) is 0 Å². The van der Waals surface area contributed by atoms with Crippen LogP contribution in [0.1, 0.15) is 21.5 Å². The second-order valence-corrected chi connectivity index (χ2v) is 8.59. The number of halogens is 1. The van der Waals surface area contributed by atoms with Gasteiger partial charge in [0.15, 0.2) is 18.1 Å². The number of hydrogen-bond acceptors (Lipinski definition) is 6. The fourth-order valence-corrected chi connectivity index (χ4v) is 3.84. The Morgan fingerprint density at radius 1 is 0.974 bits per heavy atom. The van der Waals surface area contributed by atoms with Crippen molar-refractivity contribution in [2.45, 2.75) is 6.42 Å². The van der Waals surface area contributed by atoms with Gasteiger partial charge < -0.3 is 14.2 Å². The monoisotopic (exact) mass is 528 g/mol. The van der Waals surface area contributed by atoms with E-state index in [1.165, 1.54) is 13.3 Å². The van der Waals surface area contributed by atoms with Crippen LogP contribution >= 0.6 is 11.6 Å². The van der Waals surface area contributed by atoms with E-state index < -0.39 is 11.9 Å². The molecule has 0 aliphatic heterocycles. The Bertz CT molecular complexity index is 1500. The molecule has 0 aliphatic rings. The van der Waals surface area contributed by atoms with Gasteiger partial charge in [-0.05, 0) is 65.2 Å². The van der Waals surface area contributed by atoms with Crippen molar-refractivity contribution in [2.75, 3.05) is 13.7 Å². The number of carbonyl (C=O) groups excluding carboxylic acids is 2. The lowest BCUT2D eigenvalue weighted by Crippen LogP contribution is -2.24. The molecule has 0 radical (unpaired) electrons. The number of methoxy groups -OCH3 is 1. The van der Waals surface area contributed by atoms with Gasteiger partial charge in [0.1, 0.15) is 5.75 Å². The first-order valence-corrected chi connectivity index (χ1v) is 12.1. The molecule has 0 atom stereocenters. The van der Waals surface area contributed by atoms with Crippen molar-refractivity contribution in [2.24, 2.45) is 5.10 Å². The summed E-state index contributed by atoms with van der Waals surface area (Å²) in [7, 11) is 1.53. The maximum Gasteiger partial charge on any atom is 0.343 e. The van der Waals surface area contributed by atoms with Crippen LogP contribution in [0.2, 0.25) is 5.02 Å². The van der Waals surface area contributed by atoms with Crippen LogP contribution in [-0.4, -0.2) is 31.8 Å². The zero-order valence-corrected chi connectivity index (χ0v) is 21.4. The maximum absolute atomic E-state index is 12.7. The third-order valence-electron chi connectivity index (χ3n) is 5.56. The van der Waals surface area contributed by atoms with Gasteiger partial charge in [0.25, 0.3) is 5.91 Å². The standard InChI is InChI=1S/C30H25ClN2O5/c1-3-6-20-9-15-27(28(17-20)36-2)37-19-29(34)33-32-18-25-24-8-5-4-7-21(24)12-16-26(25)38-30(35)22-10-13-23(31)14-11-22/h3-5,7-18H,1,6,19H2,2H3,(H,33,34)/b32-18-. The van der Waals surface area contributed by atoms with Gasteiger partial charge in [-0.3, -0.25) is 4.79 Å². The molecule has 0 saturated carbocycles. The number of hydrogen-bond donors (Lipinski definition) is 1. The molecule has 0 bridgehead atoms. The molecule has 4 aromatic carbocycles. The number of carbonyl (C=O) groups is 2. The number of rotatable bonds is 10.